The first-order valence-corrected chi connectivity index (χ1v) is 8.92. The lowest BCUT2D eigenvalue weighted by molar-refractivity contribution is -0.140. The van der Waals surface area contributed by atoms with Crippen molar-refractivity contribution >= 4 is 22.4 Å². The van der Waals surface area contributed by atoms with E-state index >= 15 is 0 Å². The molecule has 2 aromatic rings. The molecule has 0 spiro atoms. The first-order chi connectivity index (χ1) is 12.1. The molecule has 26 heavy (non-hydrogen) atoms. The van der Waals surface area contributed by atoms with Crippen LogP contribution < -0.4 is 10.1 Å². The molecule has 2 aromatic carbocycles. The van der Waals surface area contributed by atoms with Crippen LogP contribution in [0.5, 0.6) is 5.75 Å². The zero-order valence-corrected chi connectivity index (χ0v) is 14.6. The zero-order valence-electron chi connectivity index (χ0n) is 13.8. The van der Waals surface area contributed by atoms with Crippen molar-refractivity contribution in [1.29, 1.82) is 0 Å². The van der Waals surface area contributed by atoms with Gasteiger partial charge in [-0.15, -0.1) is 0 Å². The molecular weight excluding hydrogens is 374 g/mol. The molecule has 0 saturated carbocycles. The lowest BCUT2D eigenvalue weighted by Gasteiger charge is -2.18. The fraction of sp³-hybridized carbons (Fsp3) is 0.235. The average molecular weight is 389 g/mol. The number of ether oxygens (including phenoxy) is 1. The fourth-order valence-electron chi connectivity index (χ4n) is 2.10. The smallest absolute Gasteiger partial charge is 0.419 e. The summed E-state index contributed by atoms with van der Waals surface area (Å²) in [6.07, 6.45) is -4.58. The monoisotopic (exact) mass is 389 g/mol. The Morgan fingerprint density at radius 1 is 1.19 bits per heavy atom. The van der Waals surface area contributed by atoms with Crippen LogP contribution >= 0.6 is 0 Å². The van der Waals surface area contributed by atoms with Gasteiger partial charge in [0.2, 0.25) is 0 Å². The third-order valence-electron chi connectivity index (χ3n) is 3.37. The normalized spacial score (nSPS) is 13.8. The molecule has 2 rings (SSSR count). The van der Waals surface area contributed by atoms with Gasteiger partial charge in [-0.1, -0.05) is 12.1 Å². The summed E-state index contributed by atoms with van der Waals surface area (Å²) < 4.78 is 69.0. The third-order valence-corrected chi connectivity index (χ3v) is 4.33. The van der Waals surface area contributed by atoms with Crippen molar-refractivity contribution in [3.63, 3.8) is 0 Å². The van der Waals surface area contributed by atoms with Crippen LogP contribution in [0.2, 0.25) is 0 Å². The van der Waals surface area contributed by atoms with Gasteiger partial charge in [-0.25, -0.2) is 4.39 Å². The molecule has 0 heterocycles. The number of carbonyl (C=O) groups is 1. The van der Waals surface area contributed by atoms with Gasteiger partial charge in [0.15, 0.2) is 6.10 Å². The minimum absolute atomic E-state index is 0.0218. The summed E-state index contributed by atoms with van der Waals surface area (Å²) in [4.78, 5) is 12.1. The quantitative estimate of drug-likeness (QED) is 0.787. The van der Waals surface area contributed by atoms with Crippen LogP contribution in [0.15, 0.2) is 47.4 Å². The Morgan fingerprint density at radius 3 is 2.42 bits per heavy atom. The van der Waals surface area contributed by atoms with Gasteiger partial charge in [-0.05, 0) is 37.3 Å². The number of benzene rings is 2. The summed E-state index contributed by atoms with van der Waals surface area (Å²) in [5.41, 5.74) is -0.929. The summed E-state index contributed by atoms with van der Waals surface area (Å²) in [5, 5.41) is 2.34. The summed E-state index contributed by atoms with van der Waals surface area (Å²) in [5.74, 6) is -2.00. The largest absolute Gasteiger partial charge is 0.480 e. The maximum absolute atomic E-state index is 13.8. The summed E-state index contributed by atoms with van der Waals surface area (Å²) in [6.45, 7) is 1.27. The molecule has 0 fully saturated rings. The predicted molar refractivity (Wildman–Crippen MR) is 88.9 cm³/mol. The third kappa shape index (κ3) is 4.81. The molecule has 1 amide bonds. The predicted octanol–water partition coefficient (Wildman–Crippen LogP) is 3.99. The lowest BCUT2D eigenvalue weighted by atomic mass is 10.2. The molecule has 0 aromatic heterocycles. The Hall–Kier alpha value is -2.42. The highest BCUT2D eigenvalue weighted by Crippen LogP contribution is 2.36. The molecule has 0 bridgehead atoms. The molecule has 0 aliphatic carbocycles. The first-order valence-electron chi connectivity index (χ1n) is 7.36. The van der Waals surface area contributed by atoms with Crippen molar-refractivity contribution < 1.29 is 31.3 Å². The molecule has 140 valence electrons. The molecule has 0 aliphatic rings. The van der Waals surface area contributed by atoms with E-state index in [-0.39, 0.29) is 10.6 Å². The second-order valence-electron chi connectivity index (χ2n) is 5.34. The molecular formula is C17H15F4NO3S. The van der Waals surface area contributed by atoms with E-state index in [1.165, 1.54) is 37.4 Å². The van der Waals surface area contributed by atoms with Crippen molar-refractivity contribution in [2.45, 2.75) is 24.1 Å². The fourth-order valence-corrected chi connectivity index (χ4v) is 2.70. The Kier molecular flexibility index (Phi) is 6.01. The molecule has 0 aliphatic heterocycles. The highest BCUT2D eigenvalue weighted by Gasteiger charge is 2.34. The van der Waals surface area contributed by atoms with E-state index in [0.717, 1.165) is 18.2 Å². The van der Waals surface area contributed by atoms with Crippen molar-refractivity contribution in [2.24, 2.45) is 0 Å². The molecule has 4 nitrogen and oxygen atoms in total. The second kappa shape index (κ2) is 7.86. The zero-order chi connectivity index (χ0) is 19.5. The van der Waals surface area contributed by atoms with E-state index in [4.69, 9.17) is 4.74 Å². The Balaban J connectivity index is 2.12. The van der Waals surface area contributed by atoms with Crippen molar-refractivity contribution in [3.8, 4) is 5.75 Å². The van der Waals surface area contributed by atoms with Gasteiger partial charge in [0.1, 0.15) is 11.6 Å². The molecule has 1 N–H and O–H groups in total. The number of nitrogens with one attached hydrogen (secondary N) is 1. The lowest BCUT2D eigenvalue weighted by Crippen LogP contribution is -2.30. The van der Waals surface area contributed by atoms with Crippen LogP contribution in [0.1, 0.15) is 12.5 Å². The van der Waals surface area contributed by atoms with Crippen molar-refractivity contribution in [1.82, 2.24) is 0 Å². The Morgan fingerprint density at radius 2 is 1.85 bits per heavy atom. The Bertz CT molecular complexity index is 839. The van der Waals surface area contributed by atoms with Gasteiger partial charge in [0.05, 0.1) is 21.3 Å². The van der Waals surface area contributed by atoms with Crippen LogP contribution in [-0.4, -0.2) is 22.5 Å². The Labute approximate surface area is 149 Å². The van der Waals surface area contributed by atoms with Crippen LogP contribution in [0, 0.1) is 5.82 Å². The van der Waals surface area contributed by atoms with E-state index in [1.54, 1.807) is 0 Å². The number of amides is 1. The second-order valence-corrected chi connectivity index (χ2v) is 6.69. The number of hydrogen-bond donors (Lipinski definition) is 1. The van der Waals surface area contributed by atoms with Gasteiger partial charge in [0.25, 0.3) is 5.91 Å². The minimum Gasteiger partial charge on any atom is -0.480 e. The number of halogens is 4. The number of hydrogen-bond acceptors (Lipinski definition) is 3. The average Bonchev–Trinajstić information content (AvgIpc) is 2.54. The van der Waals surface area contributed by atoms with Gasteiger partial charge >= 0.3 is 6.18 Å². The van der Waals surface area contributed by atoms with Crippen LogP contribution in [0.3, 0.4) is 0 Å². The summed E-state index contributed by atoms with van der Waals surface area (Å²) in [6, 6.07) is 8.10. The van der Waals surface area contributed by atoms with Gasteiger partial charge in [0, 0.05) is 11.9 Å². The van der Waals surface area contributed by atoms with Crippen LogP contribution in [-0.2, 0) is 21.8 Å². The number of anilines is 1. The number of rotatable bonds is 5. The first kappa shape index (κ1) is 19.9. The summed E-state index contributed by atoms with van der Waals surface area (Å²) in [7, 11) is -1.53. The van der Waals surface area contributed by atoms with E-state index < -0.39 is 46.1 Å². The highest BCUT2D eigenvalue weighted by atomic mass is 32.2. The van der Waals surface area contributed by atoms with Gasteiger partial charge in [-0.2, -0.15) is 13.2 Å². The van der Waals surface area contributed by atoms with E-state index in [0.29, 0.717) is 0 Å². The SMILES string of the molecule is C[C@H](Oc1ccccc1C(F)(F)F)C(=O)Nc1ccc([S@](C)=O)c(F)c1. The molecule has 0 unspecified atom stereocenters. The maximum Gasteiger partial charge on any atom is 0.419 e. The van der Waals surface area contributed by atoms with E-state index in [9.17, 15) is 26.6 Å². The highest BCUT2D eigenvalue weighted by molar-refractivity contribution is 7.84. The molecule has 9 heteroatoms. The number of alkyl halides is 3. The van der Waals surface area contributed by atoms with E-state index in [2.05, 4.69) is 5.32 Å². The molecule has 2 atom stereocenters. The van der Waals surface area contributed by atoms with Gasteiger partial charge < -0.3 is 10.1 Å². The minimum atomic E-state index is -4.62. The van der Waals surface area contributed by atoms with E-state index in [1.807, 2.05) is 0 Å². The van der Waals surface area contributed by atoms with Crippen molar-refractivity contribution in [3.05, 3.63) is 53.8 Å². The number of para-hydroxylation sites is 1. The summed E-state index contributed by atoms with van der Waals surface area (Å²) >= 11 is 0. The number of carbonyl (C=O) groups excluding carboxylic acids is 1. The van der Waals surface area contributed by atoms with Crippen molar-refractivity contribution in [2.75, 3.05) is 11.6 Å². The molecule has 0 saturated heterocycles. The maximum atomic E-state index is 13.8. The van der Waals surface area contributed by atoms with Gasteiger partial charge in [-0.3, -0.25) is 9.00 Å². The standard InChI is InChI=1S/C17H15F4NO3S/c1-10(25-14-6-4-3-5-12(14)17(19,20)21)16(23)22-11-7-8-15(26(2)24)13(18)9-11/h3-10H,1-2H3,(H,22,23)/t10-,26-/m0/s1. The van der Waals surface area contributed by atoms with Crippen LogP contribution in [0.25, 0.3) is 0 Å². The topological polar surface area (TPSA) is 55.4 Å². The molecule has 0 radical (unpaired) electrons. The van der Waals surface area contributed by atoms with Crippen LogP contribution in [0.4, 0.5) is 23.2 Å².